The number of nitrogens with one attached hydrogen (secondary N) is 1. The van der Waals surface area contributed by atoms with Gasteiger partial charge in [0.25, 0.3) is 0 Å². The predicted octanol–water partition coefficient (Wildman–Crippen LogP) is 1.91. The first-order chi connectivity index (χ1) is 11.1. The second kappa shape index (κ2) is 8.41. The van der Waals surface area contributed by atoms with Gasteiger partial charge in [-0.2, -0.15) is 0 Å². The lowest BCUT2D eigenvalue weighted by molar-refractivity contribution is -0.151. The van der Waals surface area contributed by atoms with Crippen LogP contribution in [0.5, 0.6) is 5.75 Å². The molecule has 0 aliphatic carbocycles. The van der Waals surface area contributed by atoms with E-state index in [4.69, 9.17) is 9.47 Å². The number of piperidine rings is 1. The number of rotatable bonds is 6. The summed E-state index contributed by atoms with van der Waals surface area (Å²) in [4.78, 5) is 25.7. The number of hydrogen-bond acceptors (Lipinski definition) is 5. The van der Waals surface area contributed by atoms with Crippen molar-refractivity contribution in [2.24, 2.45) is 5.92 Å². The number of nitrogens with zero attached hydrogens (tertiary/aromatic N) is 1. The first-order valence-electron chi connectivity index (χ1n) is 7.96. The van der Waals surface area contributed by atoms with E-state index in [0.29, 0.717) is 32.5 Å². The lowest BCUT2D eigenvalue weighted by Gasteiger charge is -2.31. The molecular formula is C17H24N2O4. The standard InChI is InChI=1S/C17H24N2O4/c1-3-23-17(21)13-7-9-19(10-8-13)16(20)12-18-14-5-4-6-15(11-14)22-2/h4-6,11,13,18H,3,7-10,12H2,1-2H3. The highest BCUT2D eigenvalue weighted by Gasteiger charge is 2.27. The van der Waals surface area contributed by atoms with Gasteiger partial charge in [-0.15, -0.1) is 0 Å². The maximum Gasteiger partial charge on any atom is 0.309 e. The van der Waals surface area contributed by atoms with Crippen LogP contribution in [0.1, 0.15) is 19.8 Å². The zero-order valence-corrected chi connectivity index (χ0v) is 13.7. The molecule has 6 nitrogen and oxygen atoms in total. The molecule has 23 heavy (non-hydrogen) atoms. The van der Waals surface area contributed by atoms with Crippen molar-refractivity contribution in [2.45, 2.75) is 19.8 Å². The Hall–Kier alpha value is -2.24. The molecule has 6 heteroatoms. The predicted molar refractivity (Wildman–Crippen MR) is 87.4 cm³/mol. The van der Waals surface area contributed by atoms with Gasteiger partial charge in [0.1, 0.15) is 5.75 Å². The Morgan fingerprint density at radius 1 is 1.30 bits per heavy atom. The largest absolute Gasteiger partial charge is 0.497 e. The average Bonchev–Trinajstić information content (AvgIpc) is 2.60. The molecular weight excluding hydrogens is 296 g/mol. The SMILES string of the molecule is CCOC(=O)C1CCN(C(=O)CNc2cccc(OC)c2)CC1. The van der Waals surface area contributed by atoms with E-state index in [-0.39, 0.29) is 24.3 Å². The molecule has 0 unspecified atom stereocenters. The van der Waals surface area contributed by atoms with Gasteiger partial charge in [-0.3, -0.25) is 9.59 Å². The summed E-state index contributed by atoms with van der Waals surface area (Å²) in [6, 6.07) is 7.46. The molecule has 0 spiro atoms. The summed E-state index contributed by atoms with van der Waals surface area (Å²) in [5, 5.41) is 3.11. The van der Waals surface area contributed by atoms with Gasteiger partial charge < -0.3 is 19.7 Å². The Morgan fingerprint density at radius 3 is 2.70 bits per heavy atom. The minimum atomic E-state index is -0.144. The first kappa shape index (κ1) is 17.1. The van der Waals surface area contributed by atoms with Crippen LogP contribution in [0, 0.1) is 5.92 Å². The van der Waals surface area contributed by atoms with E-state index in [2.05, 4.69) is 5.32 Å². The van der Waals surface area contributed by atoms with Crippen molar-refractivity contribution in [1.29, 1.82) is 0 Å². The Morgan fingerprint density at radius 2 is 2.04 bits per heavy atom. The summed E-state index contributed by atoms with van der Waals surface area (Å²) in [7, 11) is 1.61. The van der Waals surface area contributed by atoms with E-state index in [9.17, 15) is 9.59 Å². The zero-order valence-electron chi connectivity index (χ0n) is 13.7. The van der Waals surface area contributed by atoms with E-state index in [1.165, 1.54) is 0 Å². The van der Waals surface area contributed by atoms with Gasteiger partial charge in [-0.1, -0.05) is 6.07 Å². The van der Waals surface area contributed by atoms with E-state index in [1.54, 1.807) is 18.9 Å². The molecule has 1 heterocycles. The van der Waals surface area contributed by atoms with Crippen molar-refractivity contribution in [2.75, 3.05) is 38.7 Å². The maximum absolute atomic E-state index is 12.2. The van der Waals surface area contributed by atoms with Crippen molar-refractivity contribution in [1.82, 2.24) is 4.90 Å². The van der Waals surface area contributed by atoms with Gasteiger partial charge in [-0.05, 0) is 31.9 Å². The molecule has 1 aliphatic heterocycles. The summed E-state index contributed by atoms with van der Waals surface area (Å²) in [6.45, 7) is 3.64. The number of hydrogen-bond donors (Lipinski definition) is 1. The molecule has 1 saturated heterocycles. The zero-order chi connectivity index (χ0) is 16.7. The van der Waals surface area contributed by atoms with Crippen LogP contribution < -0.4 is 10.1 Å². The summed E-state index contributed by atoms with van der Waals surface area (Å²) in [5.74, 6) is 0.562. The summed E-state index contributed by atoms with van der Waals surface area (Å²) >= 11 is 0. The van der Waals surface area contributed by atoms with Crippen LogP contribution in [-0.4, -0.2) is 50.1 Å². The monoisotopic (exact) mass is 320 g/mol. The number of carbonyl (C=O) groups is 2. The first-order valence-corrected chi connectivity index (χ1v) is 7.96. The van der Waals surface area contributed by atoms with Crippen molar-refractivity contribution < 1.29 is 19.1 Å². The Kier molecular flexibility index (Phi) is 6.26. The van der Waals surface area contributed by atoms with Crippen LogP contribution in [-0.2, 0) is 14.3 Å². The van der Waals surface area contributed by atoms with Gasteiger partial charge >= 0.3 is 5.97 Å². The average molecular weight is 320 g/mol. The molecule has 1 aromatic carbocycles. The lowest BCUT2D eigenvalue weighted by Crippen LogP contribution is -2.43. The molecule has 0 radical (unpaired) electrons. The molecule has 1 aliphatic rings. The van der Waals surface area contributed by atoms with E-state index < -0.39 is 0 Å². The molecule has 0 bridgehead atoms. The minimum Gasteiger partial charge on any atom is -0.497 e. The Bertz CT molecular complexity index is 539. The number of carbonyl (C=O) groups excluding carboxylic acids is 2. The van der Waals surface area contributed by atoms with Crippen LogP contribution in [0.4, 0.5) is 5.69 Å². The Balaban J connectivity index is 1.77. The molecule has 2 rings (SSSR count). The fourth-order valence-corrected chi connectivity index (χ4v) is 2.65. The Labute approximate surface area is 136 Å². The third-order valence-corrected chi connectivity index (χ3v) is 3.98. The van der Waals surface area contributed by atoms with Gasteiger partial charge in [-0.25, -0.2) is 0 Å². The van der Waals surface area contributed by atoms with Crippen LogP contribution in [0.15, 0.2) is 24.3 Å². The number of methoxy groups -OCH3 is 1. The topological polar surface area (TPSA) is 67.9 Å². The van der Waals surface area contributed by atoms with E-state index in [1.807, 2.05) is 24.3 Å². The van der Waals surface area contributed by atoms with Gasteiger partial charge in [0.2, 0.25) is 5.91 Å². The number of ether oxygens (including phenoxy) is 2. The highest BCUT2D eigenvalue weighted by molar-refractivity contribution is 5.81. The fourth-order valence-electron chi connectivity index (χ4n) is 2.65. The van der Waals surface area contributed by atoms with Gasteiger partial charge in [0.05, 0.1) is 26.2 Å². The summed E-state index contributed by atoms with van der Waals surface area (Å²) in [6.07, 6.45) is 1.34. The second-order valence-corrected chi connectivity index (χ2v) is 5.49. The number of anilines is 1. The third kappa shape index (κ3) is 4.87. The van der Waals surface area contributed by atoms with Crippen LogP contribution in [0.3, 0.4) is 0 Å². The second-order valence-electron chi connectivity index (χ2n) is 5.49. The summed E-state index contributed by atoms with van der Waals surface area (Å²) < 4.78 is 10.2. The highest BCUT2D eigenvalue weighted by Crippen LogP contribution is 2.19. The normalized spacial score (nSPS) is 15.1. The van der Waals surface area contributed by atoms with Crippen molar-refractivity contribution in [3.05, 3.63) is 24.3 Å². The molecule has 0 atom stereocenters. The maximum atomic E-state index is 12.2. The minimum absolute atomic E-state index is 0.0372. The lowest BCUT2D eigenvalue weighted by atomic mass is 9.97. The van der Waals surface area contributed by atoms with E-state index >= 15 is 0 Å². The third-order valence-electron chi connectivity index (χ3n) is 3.98. The van der Waals surface area contributed by atoms with Crippen LogP contribution >= 0.6 is 0 Å². The molecule has 1 N–H and O–H groups in total. The van der Waals surface area contributed by atoms with Crippen molar-refractivity contribution >= 4 is 17.6 Å². The van der Waals surface area contributed by atoms with Crippen molar-refractivity contribution in [3.63, 3.8) is 0 Å². The summed E-state index contributed by atoms with van der Waals surface area (Å²) in [5.41, 5.74) is 0.846. The molecule has 1 amide bonds. The number of likely N-dealkylation sites (tertiary alicyclic amines) is 1. The molecule has 1 fully saturated rings. The van der Waals surface area contributed by atoms with Crippen molar-refractivity contribution in [3.8, 4) is 5.75 Å². The molecule has 1 aromatic rings. The quantitative estimate of drug-likeness (QED) is 0.811. The molecule has 0 aromatic heterocycles. The molecule has 126 valence electrons. The molecule has 0 saturated carbocycles. The van der Waals surface area contributed by atoms with Gasteiger partial charge in [0, 0.05) is 24.8 Å². The number of benzene rings is 1. The van der Waals surface area contributed by atoms with Crippen LogP contribution in [0.25, 0.3) is 0 Å². The van der Waals surface area contributed by atoms with Crippen LogP contribution in [0.2, 0.25) is 0 Å². The van der Waals surface area contributed by atoms with Gasteiger partial charge in [0.15, 0.2) is 0 Å². The number of esters is 1. The number of amides is 1. The smallest absolute Gasteiger partial charge is 0.309 e. The highest BCUT2D eigenvalue weighted by atomic mass is 16.5. The fraction of sp³-hybridized carbons (Fsp3) is 0.529. The van der Waals surface area contributed by atoms with E-state index in [0.717, 1.165) is 11.4 Å².